The van der Waals surface area contributed by atoms with Crippen LogP contribution in [0.15, 0.2) is 24.3 Å². The average Bonchev–Trinajstić information content (AvgIpc) is 2.82. The molecule has 0 N–H and O–H groups in total. The molecule has 0 radical (unpaired) electrons. The van der Waals surface area contributed by atoms with Gasteiger partial charge < -0.3 is 4.90 Å². The maximum Gasteiger partial charge on any atom is 0.234 e. The molecule has 102 valence electrons. The number of carbonyl (C=O) groups excluding carboxylic acids is 1. The van der Waals surface area contributed by atoms with Crippen molar-refractivity contribution in [2.45, 2.75) is 43.5 Å². The quantitative estimate of drug-likeness (QED) is 0.822. The molecule has 1 heterocycles. The van der Waals surface area contributed by atoms with Crippen molar-refractivity contribution in [2.24, 2.45) is 0 Å². The third-order valence-corrected chi connectivity index (χ3v) is 5.24. The number of halogens is 1. The summed E-state index contributed by atoms with van der Waals surface area (Å²) in [5, 5.41) is 0.00583. The Labute approximate surface area is 117 Å². The van der Waals surface area contributed by atoms with E-state index in [4.69, 9.17) is 0 Å². The summed E-state index contributed by atoms with van der Waals surface area (Å²) < 4.78 is 13.4. The Hall–Kier alpha value is -1.03. The summed E-state index contributed by atoms with van der Waals surface area (Å²) in [5.74, 6) is 0.518. The number of thioether (sulfide) groups is 1. The van der Waals surface area contributed by atoms with Crippen LogP contribution < -0.4 is 0 Å². The van der Waals surface area contributed by atoms with Gasteiger partial charge in [-0.2, -0.15) is 0 Å². The molecule has 1 saturated heterocycles. The first-order valence-electron chi connectivity index (χ1n) is 6.94. The maximum atomic E-state index is 13.4. The molecule has 19 heavy (non-hydrogen) atoms. The smallest absolute Gasteiger partial charge is 0.234 e. The van der Waals surface area contributed by atoms with Crippen molar-refractivity contribution < 1.29 is 9.18 Å². The Morgan fingerprint density at radius 3 is 2.74 bits per heavy atom. The lowest BCUT2D eigenvalue weighted by Crippen LogP contribution is -2.39. The number of amides is 1. The van der Waals surface area contributed by atoms with E-state index in [9.17, 15) is 9.18 Å². The molecule has 1 aliphatic heterocycles. The van der Waals surface area contributed by atoms with Crippen molar-refractivity contribution in [3.63, 3.8) is 0 Å². The van der Waals surface area contributed by atoms with Gasteiger partial charge in [-0.1, -0.05) is 31.4 Å². The molecule has 0 bridgehead atoms. The van der Waals surface area contributed by atoms with Crippen molar-refractivity contribution in [3.8, 4) is 0 Å². The lowest BCUT2D eigenvalue weighted by molar-refractivity contribution is -0.131. The van der Waals surface area contributed by atoms with Crippen LogP contribution in [0.2, 0.25) is 0 Å². The summed E-state index contributed by atoms with van der Waals surface area (Å²) in [7, 11) is 0. The van der Waals surface area contributed by atoms with E-state index in [0.29, 0.717) is 11.8 Å². The second-order valence-corrected chi connectivity index (χ2v) is 6.38. The molecule has 1 atom stereocenters. The molecule has 0 spiro atoms. The molecule has 2 fully saturated rings. The van der Waals surface area contributed by atoms with E-state index >= 15 is 0 Å². The van der Waals surface area contributed by atoms with Gasteiger partial charge in [0.15, 0.2) is 0 Å². The standard InChI is InChI=1S/C15H18FNOS/c16-12-6-4-5-11(9-12)15-17(14(18)10-19-15)13-7-2-1-3-8-13/h4-6,9,13,15H,1-3,7-8,10H2. The lowest BCUT2D eigenvalue weighted by Gasteiger charge is -2.35. The minimum Gasteiger partial charge on any atom is -0.323 e. The predicted octanol–water partition coefficient (Wildman–Crippen LogP) is 3.73. The zero-order valence-corrected chi connectivity index (χ0v) is 11.7. The van der Waals surface area contributed by atoms with E-state index in [-0.39, 0.29) is 17.1 Å². The number of carbonyl (C=O) groups is 1. The molecular weight excluding hydrogens is 261 g/mol. The predicted molar refractivity (Wildman–Crippen MR) is 75.3 cm³/mol. The summed E-state index contributed by atoms with van der Waals surface area (Å²) in [6.07, 6.45) is 5.87. The van der Waals surface area contributed by atoms with Crippen LogP contribution in [0.3, 0.4) is 0 Å². The van der Waals surface area contributed by atoms with Crippen molar-refractivity contribution >= 4 is 17.7 Å². The van der Waals surface area contributed by atoms with Gasteiger partial charge in [-0.3, -0.25) is 4.79 Å². The second-order valence-electron chi connectivity index (χ2n) is 5.31. The lowest BCUT2D eigenvalue weighted by atomic mass is 9.93. The Balaban J connectivity index is 1.85. The van der Waals surface area contributed by atoms with Crippen LogP contribution in [0.4, 0.5) is 4.39 Å². The van der Waals surface area contributed by atoms with Gasteiger partial charge in [0.1, 0.15) is 11.2 Å². The van der Waals surface area contributed by atoms with Gasteiger partial charge >= 0.3 is 0 Å². The molecule has 1 amide bonds. The highest BCUT2D eigenvalue weighted by Crippen LogP contribution is 2.42. The molecule has 2 nitrogen and oxygen atoms in total. The van der Waals surface area contributed by atoms with Gasteiger partial charge in [0.05, 0.1) is 5.75 Å². The van der Waals surface area contributed by atoms with Crippen LogP contribution in [-0.2, 0) is 4.79 Å². The van der Waals surface area contributed by atoms with E-state index in [1.54, 1.807) is 23.9 Å². The van der Waals surface area contributed by atoms with Crippen LogP contribution in [0, 0.1) is 5.82 Å². The molecule has 1 aliphatic carbocycles. The Morgan fingerprint density at radius 2 is 2.00 bits per heavy atom. The SMILES string of the molecule is O=C1CSC(c2cccc(F)c2)N1C1CCCCC1. The number of nitrogens with zero attached hydrogens (tertiary/aromatic N) is 1. The maximum absolute atomic E-state index is 13.4. The molecule has 1 unspecified atom stereocenters. The third kappa shape index (κ3) is 2.64. The largest absolute Gasteiger partial charge is 0.323 e. The van der Waals surface area contributed by atoms with E-state index in [2.05, 4.69) is 0 Å². The highest BCUT2D eigenvalue weighted by atomic mass is 32.2. The fourth-order valence-electron chi connectivity index (χ4n) is 3.11. The fourth-order valence-corrected chi connectivity index (χ4v) is 4.35. The molecule has 1 aromatic rings. The Kier molecular flexibility index (Phi) is 3.78. The Bertz CT molecular complexity index is 473. The van der Waals surface area contributed by atoms with Crippen molar-refractivity contribution in [2.75, 3.05) is 5.75 Å². The highest BCUT2D eigenvalue weighted by molar-refractivity contribution is 8.00. The van der Waals surface area contributed by atoms with Crippen molar-refractivity contribution in [1.29, 1.82) is 0 Å². The number of hydrogen-bond donors (Lipinski definition) is 0. The minimum atomic E-state index is -0.221. The molecule has 1 aromatic carbocycles. The first kappa shape index (κ1) is 13.0. The third-order valence-electron chi connectivity index (χ3n) is 4.01. The van der Waals surface area contributed by atoms with Gasteiger partial charge in [0, 0.05) is 6.04 Å². The highest BCUT2D eigenvalue weighted by Gasteiger charge is 2.38. The van der Waals surface area contributed by atoms with E-state index < -0.39 is 0 Å². The Morgan fingerprint density at radius 1 is 1.21 bits per heavy atom. The first-order valence-corrected chi connectivity index (χ1v) is 7.99. The zero-order chi connectivity index (χ0) is 13.2. The van der Waals surface area contributed by atoms with Gasteiger partial charge in [0.25, 0.3) is 0 Å². The van der Waals surface area contributed by atoms with Crippen molar-refractivity contribution in [1.82, 2.24) is 4.90 Å². The zero-order valence-electron chi connectivity index (χ0n) is 10.8. The summed E-state index contributed by atoms with van der Waals surface area (Å²) in [6.45, 7) is 0. The van der Waals surface area contributed by atoms with Crippen LogP contribution in [0.1, 0.15) is 43.0 Å². The molecule has 4 heteroatoms. The number of hydrogen-bond acceptors (Lipinski definition) is 2. The van der Waals surface area contributed by atoms with Gasteiger partial charge in [-0.05, 0) is 30.5 Å². The molecule has 0 aromatic heterocycles. The van der Waals surface area contributed by atoms with Crippen LogP contribution in [0.5, 0.6) is 0 Å². The van der Waals surface area contributed by atoms with Crippen LogP contribution >= 0.6 is 11.8 Å². The van der Waals surface area contributed by atoms with Gasteiger partial charge in [-0.25, -0.2) is 4.39 Å². The van der Waals surface area contributed by atoms with Gasteiger partial charge in [-0.15, -0.1) is 11.8 Å². The van der Waals surface area contributed by atoms with Gasteiger partial charge in [0.2, 0.25) is 5.91 Å². The average molecular weight is 279 g/mol. The number of rotatable bonds is 2. The molecular formula is C15H18FNOS. The summed E-state index contributed by atoms with van der Waals surface area (Å²) in [4.78, 5) is 14.2. The minimum absolute atomic E-state index is 0.00583. The monoisotopic (exact) mass is 279 g/mol. The topological polar surface area (TPSA) is 20.3 Å². The molecule has 3 rings (SSSR count). The summed E-state index contributed by atoms with van der Waals surface area (Å²) >= 11 is 1.62. The molecule has 1 saturated carbocycles. The molecule has 2 aliphatic rings. The normalized spacial score (nSPS) is 25.0. The van der Waals surface area contributed by atoms with E-state index in [1.807, 2.05) is 11.0 Å². The van der Waals surface area contributed by atoms with Crippen LogP contribution in [0.25, 0.3) is 0 Å². The van der Waals surface area contributed by atoms with E-state index in [1.165, 1.54) is 25.3 Å². The number of benzene rings is 1. The second kappa shape index (κ2) is 5.53. The summed E-state index contributed by atoms with van der Waals surface area (Å²) in [6, 6.07) is 7.02. The van der Waals surface area contributed by atoms with Crippen LogP contribution in [-0.4, -0.2) is 22.6 Å². The fraction of sp³-hybridized carbons (Fsp3) is 0.533. The summed E-state index contributed by atoms with van der Waals surface area (Å²) in [5.41, 5.74) is 0.918. The van der Waals surface area contributed by atoms with E-state index in [0.717, 1.165) is 18.4 Å². The first-order chi connectivity index (χ1) is 9.25. The van der Waals surface area contributed by atoms with Crippen molar-refractivity contribution in [3.05, 3.63) is 35.6 Å².